The van der Waals surface area contributed by atoms with Gasteiger partial charge in [0.15, 0.2) is 0 Å². The van der Waals surface area contributed by atoms with Crippen molar-refractivity contribution < 1.29 is 13.2 Å². The molecule has 5 rings (SSSR count). The van der Waals surface area contributed by atoms with Crippen molar-refractivity contribution in [2.75, 3.05) is 0 Å². The van der Waals surface area contributed by atoms with E-state index in [2.05, 4.69) is 24.3 Å². The third-order valence-corrected chi connectivity index (χ3v) is 5.03. The lowest BCUT2D eigenvalue weighted by molar-refractivity contribution is -0.137. The van der Waals surface area contributed by atoms with Gasteiger partial charge in [0.05, 0.1) is 5.56 Å². The summed E-state index contributed by atoms with van der Waals surface area (Å²) in [7, 11) is 0. The molecule has 0 aliphatic rings. The molecule has 0 saturated carbocycles. The summed E-state index contributed by atoms with van der Waals surface area (Å²) in [6.07, 6.45) is -4.33. The predicted octanol–water partition coefficient (Wildman–Crippen LogP) is 7.32. The molecular weight excluding hydrogens is 333 g/mol. The van der Waals surface area contributed by atoms with Crippen LogP contribution in [0.15, 0.2) is 78.9 Å². The van der Waals surface area contributed by atoms with Crippen LogP contribution in [0, 0.1) is 0 Å². The molecule has 0 saturated heterocycles. The Morgan fingerprint density at radius 3 is 1.73 bits per heavy atom. The lowest BCUT2D eigenvalue weighted by Crippen LogP contribution is -2.04. The van der Waals surface area contributed by atoms with E-state index in [-0.39, 0.29) is 0 Å². The van der Waals surface area contributed by atoms with Gasteiger partial charge in [-0.2, -0.15) is 13.2 Å². The third-order valence-electron chi connectivity index (χ3n) is 5.03. The largest absolute Gasteiger partial charge is 0.416 e. The van der Waals surface area contributed by atoms with E-state index in [1.807, 2.05) is 30.3 Å². The second-order valence-electron chi connectivity index (χ2n) is 6.58. The summed E-state index contributed by atoms with van der Waals surface area (Å²) in [5.74, 6) is 0. The topological polar surface area (TPSA) is 0 Å². The van der Waals surface area contributed by atoms with Crippen LogP contribution in [0.4, 0.5) is 13.2 Å². The maximum atomic E-state index is 13.0. The van der Waals surface area contributed by atoms with E-state index in [0.29, 0.717) is 5.39 Å². The number of alkyl halides is 3. The normalized spacial score (nSPS) is 12.4. The molecule has 126 valence electrons. The Bertz CT molecular complexity index is 1310. The predicted molar refractivity (Wildman–Crippen MR) is 101 cm³/mol. The minimum absolute atomic E-state index is 0.604. The van der Waals surface area contributed by atoms with Crippen LogP contribution in [0.25, 0.3) is 43.1 Å². The van der Waals surface area contributed by atoms with Crippen LogP contribution in [0.2, 0.25) is 0 Å². The van der Waals surface area contributed by atoms with E-state index in [0.717, 1.165) is 38.4 Å². The Morgan fingerprint density at radius 1 is 0.462 bits per heavy atom. The molecule has 0 atom stereocenters. The van der Waals surface area contributed by atoms with Crippen LogP contribution in [-0.4, -0.2) is 0 Å². The van der Waals surface area contributed by atoms with Crippen molar-refractivity contribution >= 4 is 43.1 Å². The van der Waals surface area contributed by atoms with Gasteiger partial charge in [-0.3, -0.25) is 0 Å². The zero-order valence-corrected chi connectivity index (χ0v) is 13.6. The van der Waals surface area contributed by atoms with Gasteiger partial charge in [-0.05, 0) is 67.4 Å². The molecule has 0 N–H and O–H groups in total. The summed E-state index contributed by atoms with van der Waals surface area (Å²) in [4.78, 5) is 0. The smallest absolute Gasteiger partial charge is 0.166 e. The highest BCUT2D eigenvalue weighted by Gasteiger charge is 2.30. The molecule has 26 heavy (non-hydrogen) atoms. The first-order valence-corrected chi connectivity index (χ1v) is 8.36. The monoisotopic (exact) mass is 346 g/mol. The Hall–Kier alpha value is -3.07. The molecular formula is C23H13F3. The van der Waals surface area contributed by atoms with Crippen LogP contribution in [0.1, 0.15) is 5.56 Å². The molecule has 0 aliphatic carbocycles. The van der Waals surface area contributed by atoms with Crippen LogP contribution >= 0.6 is 0 Å². The average molecular weight is 346 g/mol. The highest BCUT2D eigenvalue weighted by molar-refractivity contribution is 6.19. The molecule has 0 aliphatic heterocycles. The fourth-order valence-corrected chi connectivity index (χ4v) is 3.75. The van der Waals surface area contributed by atoms with Gasteiger partial charge in [0.1, 0.15) is 0 Å². The maximum Gasteiger partial charge on any atom is 0.416 e. The first kappa shape index (κ1) is 15.2. The summed E-state index contributed by atoms with van der Waals surface area (Å²) in [6.45, 7) is 0. The highest BCUT2D eigenvalue weighted by Crippen LogP contribution is 2.36. The molecule has 3 heteroatoms. The van der Waals surface area contributed by atoms with E-state index in [1.165, 1.54) is 11.5 Å². The second-order valence-corrected chi connectivity index (χ2v) is 6.58. The number of rotatable bonds is 0. The van der Waals surface area contributed by atoms with Crippen molar-refractivity contribution in [1.82, 2.24) is 0 Å². The zero-order chi connectivity index (χ0) is 17.9. The van der Waals surface area contributed by atoms with Crippen molar-refractivity contribution in [2.45, 2.75) is 6.18 Å². The summed E-state index contributed by atoms with van der Waals surface area (Å²) in [5.41, 5.74) is -0.615. The molecule has 0 heterocycles. The van der Waals surface area contributed by atoms with E-state index < -0.39 is 11.7 Å². The Morgan fingerprint density at radius 2 is 1.04 bits per heavy atom. The molecule has 0 bridgehead atoms. The first-order chi connectivity index (χ1) is 12.5. The van der Waals surface area contributed by atoms with Crippen LogP contribution in [0.5, 0.6) is 0 Å². The van der Waals surface area contributed by atoms with E-state index in [1.54, 1.807) is 12.1 Å². The average Bonchev–Trinajstić information content (AvgIpc) is 2.64. The lowest BCUT2D eigenvalue weighted by Gasteiger charge is -2.11. The molecule has 0 nitrogen and oxygen atoms in total. The van der Waals surface area contributed by atoms with Gasteiger partial charge in [0.25, 0.3) is 0 Å². The van der Waals surface area contributed by atoms with E-state index in [4.69, 9.17) is 0 Å². The van der Waals surface area contributed by atoms with Crippen molar-refractivity contribution in [3.05, 3.63) is 84.4 Å². The Kier molecular flexibility index (Phi) is 3.05. The summed E-state index contributed by atoms with van der Waals surface area (Å²) >= 11 is 0. The molecule has 0 aromatic heterocycles. The standard InChI is InChI=1S/C23H13F3/c24-23(25,26)18-7-10-19-17(12-18)6-9-21-20(19)8-5-16-11-14-3-1-2-4-15(14)13-22(16)21/h1-13H. The van der Waals surface area contributed by atoms with E-state index in [9.17, 15) is 13.2 Å². The summed E-state index contributed by atoms with van der Waals surface area (Å²) in [5, 5.41) is 8.04. The number of hydrogen-bond donors (Lipinski definition) is 0. The number of halogens is 3. The lowest BCUT2D eigenvalue weighted by atomic mass is 9.94. The fourth-order valence-electron chi connectivity index (χ4n) is 3.75. The maximum absolute atomic E-state index is 13.0. The van der Waals surface area contributed by atoms with Gasteiger partial charge in [-0.25, -0.2) is 0 Å². The summed E-state index contributed by atoms with van der Waals surface area (Å²) in [6, 6.07) is 24.2. The summed E-state index contributed by atoms with van der Waals surface area (Å²) < 4.78 is 39.0. The molecule has 0 spiro atoms. The molecule has 0 unspecified atom stereocenters. The molecule has 0 radical (unpaired) electrons. The number of fused-ring (bicyclic) bond motifs is 6. The molecule has 0 amide bonds. The quantitative estimate of drug-likeness (QED) is 0.203. The van der Waals surface area contributed by atoms with Crippen LogP contribution < -0.4 is 0 Å². The molecule has 5 aromatic rings. The second kappa shape index (κ2) is 5.21. The van der Waals surface area contributed by atoms with Gasteiger partial charge >= 0.3 is 6.18 Å². The third kappa shape index (κ3) is 2.24. The van der Waals surface area contributed by atoms with Gasteiger partial charge < -0.3 is 0 Å². The number of hydrogen-bond acceptors (Lipinski definition) is 0. The SMILES string of the molecule is FC(F)(F)c1ccc2c(ccc3c4cc5ccccc5cc4ccc23)c1. The van der Waals surface area contributed by atoms with Gasteiger partial charge in [0.2, 0.25) is 0 Å². The Labute approximate surface area is 147 Å². The zero-order valence-electron chi connectivity index (χ0n) is 13.6. The molecule has 5 aromatic carbocycles. The van der Waals surface area contributed by atoms with Gasteiger partial charge in [-0.15, -0.1) is 0 Å². The highest BCUT2D eigenvalue weighted by atomic mass is 19.4. The fraction of sp³-hybridized carbons (Fsp3) is 0.0435. The van der Waals surface area contributed by atoms with Crippen molar-refractivity contribution in [2.24, 2.45) is 0 Å². The van der Waals surface area contributed by atoms with Crippen molar-refractivity contribution in [3.8, 4) is 0 Å². The molecule has 0 fully saturated rings. The minimum atomic E-state index is -4.33. The van der Waals surface area contributed by atoms with Crippen molar-refractivity contribution in [3.63, 3.8) is 0 Å². The Balaban J connectivity index is 1.86. The van der Waals surface area contributed by atoms with Gasteiger partial charge in [0, 0.05) is 0 Å². The van der Waals surface area contributed by atoms with Gasteiger partial charge in [-0.1, -0.05) is 54.6 Å². The minimum Gasteiger partial charge on any atom is -0.166 e. The van der Waals surface area contributed by atoms with Crippen LogP contribution in [-0.2, 0) is 6.18 Å². The first-order valence-electron chi connectivity index (χ1n) is 8.36. The van der Waals surface area contributed by atoms with E-state index >= 15 is 0 Å². The van der Waals surface area contributed by atoms with Crippen molar-refractivity contribution in [1.29, 1.82) is 0 Å². The van der Waals surface area contributed by atoms with Crippen LogP contribution in [0.3, 0.4) is 0 Å². The number of benzene rings is 5.